The molecule has 2 atom stereocenters. The quantitative estimate of drug-likeness (QED) is 0.564. The Kier molecular flexibility index (Phi) is 8.06. The SMILES string of the molecule is CCCCC(F)COc1ccc(OCC(F)CC)c(F)c1F. The van der Waals surface area contributed by atoms with Crippen molar-refractivity contribution in [2.75, 3.05) is 13.2 Å². The minimum atomic E-state index is -1.26. The van der Waals surface area contributed by atoms with Gasteiger partial charge in [-0.2, -0.15) is 8.78 Å². The second kappa shape index (κ2) is 9.54. The maximum absolute atomic E-state index is 13.8. The summed E-state index contributed by atoms with van der Waals surface area (Å²) >= 11 is 0. The van der Waals surface area contributed by atoms with E-state index in [9.17, 15) is 17.6 Å². The molecule has 0 fully saturated rings. The van der Waals surface area contributed by atoms with Gasteiger partial charge in [-0.05, 0) is 25.0 Å². The number of benzene rings is 1. The van der Waals surface area contributed by atoms with Crippen LogP contribution in [0, 0.1) is 11.6 Å². The first-order valence-electron chi connectivity index (χ1n) is 7.51. The Balaban J connectivity index is 2.61. The number of halogens is 4. The van der Waals surface area contributed by atoms with Crippen molar-refractivity contribution in [3.8, 4) is 11.5 Å². The molecule has 2 unspecified atom stereocenters. The fraction of sp³-hybridized carbons (Fsp3) is 0.625. The van der Waals surface area contributed by atoms with Gasteiger partial charge in [0.25, 0.3) is 0 Å². The molecule has 2 nitrogen and oxygen atoms in total. The fourth-order valence-corrected chi connectivity index (χ4v) is 1.72. The number of hydrogen-bond donors (Lipinski definition) is 0. The summed E-state index contributed by atoms with van der Waals surface area (Å²) in [7, 11) is 0. The van der Waals surface area contributed by atoms with Crippen LogP contribution in [0.3, 0.4) is 0 Å². The Morgan fingerprint density at radius 2 is 1.41 bits per heavy atom. The summed E-state index contributed by atoms with van der Waals surface area (Å²) in [5.74, 6) is -3.28. The highest BCUT2D eigenvalue weighted by molar-refractivity contribution is 5.35. The van der Waals surface area contributed by atoms with Crippen molar-refractivity contribution in [1.29, 1.82) is 0 Å². The van der Waals surface area contributed by atoms with E-state index in [-0.39, 0.29) is 31.1 Å². The van der Waals surface area contributed by atoms with E-state index in [4.69, 9.17) is 9.47 Å². The maximum atomic E-state index is 13.8. The van der Waals surface area contributed by atoms with Crippen LogP contribution in [-0.2, 0) is 0 Å². The normalized spacial score (nSPS) is 13.7. The van der Waals surface area contributed by atoms with Crippen molar-refractivity contribution in [3.05, 3.63) is 23.8 Å². The van der Waals surface area contributed by atoms with E-state index >= 15 is 0 Å². The molecule has 0 spiro atoms. The molecule has 126 valence electrons. The lowest BCUT2D eigenvalue weighted by molar-refractivity contribution is 0.173. The van der Waals surface area contributed by atoms with Crippen molar-refractivity contribution < 1.29 is 27.0 Å². The molecule has 1 rings (SSSR count). The topological polar surface area (TPSA) is 18.5 Å². The Hall–Kier alpha value is -1.46. The summed E-state index contributed by atoms with van der Waals surface area (Å²) in [5.41, 5.74) is 0. The summed E-state index contributed by atoms with van der Waals surface area (Å²) in [6, 6.07) is 2.30. The summed E-state index contributed by atoms with van der Waals surface area (Å²) in [6.45, 7) is 2.87. The standard InChI is InChI=1S/C16H22F4O2/c1-3-5-6-12(18)10-22-14-8-7-13(15(19)16(14)20)21-9-11(17)4-2/h7-8,11-12H,3-6,9-10H2,1-2H3. The zero-order valence-corrected chi connectivity index (χ0v) is 12.9. The molecule has 0 saturated carbocycles. The third kappa shape index (κ3) is 5.73. The third-order valence-electron chi connectivity index (χ3n) is 3.16. The van der Waals surface area contributed by atoms with Crippen molar-refractivity contribution in [1.82, 2.24) is 0 Å². The lowest BCUT2D eigenvalue weighted by Crippen LogP contribution is -2.15. The van der Waals surface area contributed by atoms with Crippen LogP contribution in [0.4, 0.5) is 17.6 Å². The highest BCUT2D eigenvalue weighted by Gasteiger charge is 2.18. The van der Waals surface area contributed by atoms with Crippen LogP contribution in [0.2, 0.25) is 0 Å². The summed E-state index contributed by atoms with van der Waals surface area (Å²) in [6.07, 6.45) is -0.379. The lowest BCUT2D eigenvalue weighted by atomic mass is 10.2. The van der Waals surface area contributed by atoms with Crippen molar-refractivity contribution >= 4 is 0 Å². The number of alkyl halides is 2. The molecule has 0 heterocycles. The lowest BCUT2D eigenvalue weighted by Gasteiger charge is -2.13. The van der Waals surface area contributed by atoms with Gasteiger partial charge < -0.3 is 9.47 Å². The van der Waals surface area contributed by atoms with Crippen molar-refractivity contribution in [3.63, 3.8) is 0 Å². The van der Waals surface area contributed by atoms with Crippen LogP contribution in [0.5, 0.6) is 11.5 Å². The van der Waals surface area contributed by atoms with Gasteiger partial charge in [-0.3, -0.25) is 0 Å². The molecule has 0 radical (unpaired) electrons. The third-order valence-corrected chi connectivity index (χ3v) is 3.16. The van der Waals surface area contributed by atoms with Gasteiger partial charge in [0, 0.05) is 0 Å². The predicted octanol–water partition coefficient (Wildman–Crippen LogP) is 5.00. The van der Waals surface area contributed by atoms with Crippen molar-refractivity contribution in [2.24, 2.45) is 0 Å². The largest absolute Gasteiger partial charge is 0.487 e. The molecular formula is C16H22F4O2. The van der Waals surface area contributed by atoms with E-state index < -0.39 is 24.0 Å². The second-order valence-electron chi connectivity index (χ2n) is 5.06. The summed E-state index contributed by atoms with van der Waals surface area (Å²) in [4.78, 5) is 0. The highest BCUT2D eigenvalue weighted by atomic mass is 19.2. The first kappa shape index (κ1) is 18.6. The Morgan fingerprint density at radius 3 is 1.86 bits per heavy atom. The fourth-order valence-electron chi connectivity index (χ4n) is 1.72. The molecule has 0 aromatic heterocycles. The minimum Gasteiger partial charge on any atom is -0.487 e. The molecular weight excluding hydrogens is 300 g/mol. The Morgan fingerprint density at radius 1 is 0.909 bits per heavy atom. The zero-order chi connectivity index (χ0) is 16.5. The summed E-state index contributed by atoms with van der Waals surface area (Å²) in [5, 5.41) is 0. The zero-order valence-electron chi connectivity index (χ0n) is 12.9. The Labute approximate surface area is 128 Å². The monoisotopic (exact) mass is 322 g/mol. The van der Waals surface area contributed by atoms with E-state index in [1.54, 1.807) is 6.92 Å². The highest BCUT2D eigenvalue weighted by Crippen LogP contribution is 2.28. The van der Waals surface area contributed by atoms with Crippen LogP contribution in [0.25, 0.3) is 0 Å². The van der Waals surface area contributed by atoms with Crippen molar-refractivity contribution in [2.45, 2.75) is 51.9 Å². The van der Waals surface area contributed by atoms with Gasteiger partial charge in [0.2, 0.25) is 11.6 Å². The maximum Gasteiger partial charge on any atom is 0.204 e. The van der Waals surface area contributed by atoms with Gasteiger partial charge in [0.1, 0.15) is 25.6 Å². The average Bonchev–Trinajstić information content (AvgIpc) is 2.52. The average molecular weight is 322 g/mol. The van der Waals surface area contributed by atoms with Gasteiger partial charge in [-0.25, -0.2) is 8.78 Å². The molecule has 0 aliphatic heterocycles. The first-order chi connectivity index (χ1) is 10.5. The molecule has 0 bridgehead atoms. The van der Waals surface area contributed by atoms with Crippen LogP contribution in [-0.4, -0.2) is 25.6 Å². The van der Waals surface area contributed by atoms with Crippen LogP contribution >= 0.6 is 0 Å². The molecule has 0 amide bonds. The molecule has 0 N–H and O–H groups in total. The molecule has 22 heavy (non-hydrogen) atoms. The molecule has 0 aliphatic rings. The van der Waals surface area contributed by atoms with Gasteiger partial charge in [-0.1, -0.05) is 26.7 Å². The van der Waals surface area contributed by atoms with Crippen LogP contribution in [0.1, 0.15) is 39.5 Å². The van der Waals surface area contributed by atoms with E-state index in [1.165, 1.54) is 0 Å². The smallest absolute Gasteiger partial charge is 0.204 e. The molecule has 0 saturated heterocycles. The van der Waals surface area contributed by atoms with Gasteiger partial charge >= 0.3 is 0 Å². The van der Waals surface area contributed by atoms with Crippen LogP contribution < -0.4 is 9.47 Å². The second-order valence-corrected chi connectivity index (χ2v) is 5.06. The summed E-state index contributed by atoms with van der Waals surface area (Å²) < 4.78 is 63.8. The predicted molar refractivity (Wildman–Crippen MR) is 77.0 cm³/mol. The number of rotatable bonds is 10. The van der Waals surface area contributed by atoms with E-state index in [0.29, 0.717) is 12.8 Å². The molecule has 1 aromatic carbocycles. The number of hydrogen-bond acceptors (Lipinski definition) is 2. The van der Waals surface area contributed by atoms with Gasteiger partial charge in [0.15, 0.2) is 11.5 Å². The van der Waals surface area contributed by atoms with E-state index in [0.717, 1.165) is 18.6 Å². The number of ether oxygens (including phenoxy) is 2. The van der Waals surface area contributed by atoms with Crippen LogP contribution in [0.15, 0.2) is 12.1 Å². The molecule has 6 heteroatoms. The molecule has 0 aliphatic carbocycles. The van der Waals surface area contributed by atoms with Gasteiger partial charge in [0.05, 0.1) is 0 Å². The van der Waals surface area contributed by atoms with E-state index in [2.05, 4.69) is 0 Å². The van der Waals surface area contributed by atoms with E-state index in [1.807, 2.05) is 6.92 Å². The number of unbranched alkanes of at least 4 members (excludes halogenated alkanes) is 1. The molecule has 1 aromatic rings. The van der Waals surface area contributed by atoms with Gasteiger partial charge in [-0.15, -0.1) is 0 Å². The minimum absolute atomic E-state index is 0.223. The Bertz CT molecular complexity index is 454. The first-order valence-corrected chi connectivity index (χ1v) is 7.51.